The van der Waals surface area contributed by atoms with Crippen molar-refractivity contribution in [2.45, 2.75) is 20.1 Å². The fraction of sp³-hybridized carbons (Fsp3) is 0.310. The SMILES string of the molecule is C=C(C)C(=O)OCCOCCOCCNC(=O)Oc1cccc2c(OC(C)Oc3ccccc3)cccc12. The highest BCUT2D eigenvalue weighted by atomic mass is 16.7. The van der Waals surface area contributed by atoms with Crippen molar-refractivity contribution in [1.29, 1.82) is 0 Å². The quantitative estimate of drug-likeness (QED) is 0.130. The standard InChI is InChI=1S/C29H33NO8/c1-21(2)28(31)35-20-19-34-18-17-33-16-15-30-29(32)38-27-14-8-11-24-25(27)12-7-13-26(24)37-22(3)36-23-9-5-4-6-10-23/h4-14,22H,1,15-20H2,2-3H3,(H,30,32). The molecule has 1 amide bonds. The van der Waals surface area contributed by atoms with E-state index in [-0.39, 0.29) is 26.4 Å². The van der Waals surface area contributed by atoms with Gasteiger partial charge in [-0.05, 0) is 31.2 Å². The van der Waals surface area contributed by atoms with Gasteiger partial charge in [-0.1, -0.05) is 49.0 Å². The van der Waals surface area contributed by atoms with Gasteiger partial charge >= 0.3 is 12.1 Å². The molecule has 0 radical (unpaired) electrons. The fourth-order valence-corrected chi connectivity index (χ4v) is 3.34. The lowest BCUT2D eigenvalue weighted by Crippen LogP contribution is -2.30. The van der Waals surface area contributed by atoms with Crippen molar-refractivity contribution in [3.8, 4) is 17.2 Å². The van der Waals surface area contributed by atoms with E-state index in [0.29, 0.717) is 36.0 Å². The second kappa shape index (κ2) is 15.2. The van der Waals surface area contributed by atoms with Crippen LogP contribution in [-0.2, 0) is 19.0 Å². The van der Waals surface area contributed by atoms with Crippen LogP contribution in [0.25, 0.3) is 10.8 Å². The van der Waals surface area contributed by atoms with E-state index in [9.17, 15) is 9.59 Å². The first-order chi connectivity index (χ1) is 18.4. The summed E-state index contributed by atoms with van der Waals surface area (Å²) < 4.78 is 33.0. The molecular weight excluding hydrogens is 490 g/mol. The molecule has 0 bridgehead atoms. The van der Waals surface area contributed by atoms with Crippen LogP contribution in [0.5, 0.6) is 17.2 Å². The summed E-state index contributed by atoms with van der Waals surface area (Å²) in [6, 6.07) is 20.4. The van der Waals surface area contributed by atoms with Gasteiger partial charge in [0.2, 0.25) is 6.29 Å². The third-order valence-electron chi connectivity index (χ3n) is 5.08. The average molecular weight is 524 g/mol. The van der Waals surface area contributed by atoms with Crippen LogP contribution in [0.4, 0.5) is 4.79 Å². The van der Waals surface area contributed by atoms with Gasteiger partial charge in [-0.15, -0.1) is 0 Å². The summed E-state index contributed by atoms with van der Waals surface area (Å²) >= 11 is 0. The van der Waals surface area contributed by atoms with E-state index in [2.05, 4.69) is 11.9 Å². The van der Waals surface area contributed by atoms with E-state index in [1.54, 1.807) is 19.1 Å². The Morgan fingerprint density at radius 3 is 2.13 bits per heavy atom. The minimum absolute atomic E-state index is 0.154. The van der Waals surface area contributed by atoms with Crippen LogP contribution >= 0.6 is 0 Å². The van der Waals surface area contributed by atoms with E-state index >= 15 is 0 Å². The molecule has 3 rings (SSSR count). The van der Waals surface area contributed by atoms with Gasteiger partial charge in [0.1, 0.15) is 23.9 Å². The zero-order chi connectivity index (χ0) is 27.2. The van der Waals surface area contributed by atoms with Crippen LogP contribution in [0.3, 0.4) is 0 Å². The zero-order valence-corrected chi connectivity index (χ0v) is 21.6. The maximum atomic E-state index is 12.3. The van der Waals surface area contributed by atoms with Crippen LogP contribution < -0.4 is 19.5 Å². The van der Waals surface area contributed by atoms with E-state index in [1.165, 1.54) is 0 Å². The zero-order valence-electron chi connectivity index (χ0n) is 21.6. The lowest BCUT2D eigenvalue weighted by molar-refractivity contribution is -0.140. The Hall–Kier alpha value is -4.08. The molecular formula is C29H33NO8. The molecule has 202 valence electrons. The number of nitrogens with one attached hydrogen (secondary N) is 1. The number of fused-ring (bicyclic) bond motifs is 1. The lowest BCUT2D eigenvalue weighted by Gasteiger charge is -2.18. The number of rotatable bonds is 15. The second-order valence-corrected chi connectivity index (χ2v) is 8.18. The maximum absolute atomic E-state index is 12.3. The van der Waals surface area contributed by atoms with Crippen LogP contribution in [0, 0.1) is 0 Å². The normalized spacial score (nSPS) is 11.4. The molecule has 0 spiro atoms. The smallest absolute Gasteiger partial charge is 0.412 e. The first-order valence-corrected chi connectivity index (χ1v) is 12.3. The number of para-hydroxylation sites is 1. The molecule has 1 atom stereocenters. The largest absolute Gasteiger partial charge is 0.460 e. The molecule has 1 N–H and O–H groups in total. The highest BCUT2D eigenvalue weighted by Gasteiger charge is 2.13. The first kappa shape index (κ1) is 28.5. The van der Waals surface area contributed by atoms with Crippen LogP contribution in [-0.4, -0.2) is 57.9 Å². The van der Waals surface area contributed by atoms with E-state index in [0.717, 1.165) is 10.8 Å². The van der Waals surface area contributed by atoms with Gasteiger partial charge in [0.05, 0.1) is 26.4 Å². The monoisotopic (exact) mass is 523 g/mol. The Labute approximate surface area is 222 Å². The number of hydrogen-bond acceptors (Lipinski definition) is 8. The molecule has 1 unspecified atom stereocenters. The van der Waals surface area contributed by atoms with Crippen LogP contribution in [0.15, 0.2) is 78.9 Å². The summed E-state index contributed by atoms with van der Waals surface area (Å²) in [7, 11) is 0. The van der Waals surface area contributed by atoms with E-state index in [1.807, 2.05) is 61.5 Å². The van der Waals surface area contributed by atoms with Gasteiger partial charge in [0.15, 0.2) is 0 Å². The molecule has 0 heterocycles. The number of esters is 1. The number of ether oxygens (including phenoxy) is 6. The Balaban J connectivity index is 1.39. The maximum Gasteiger partial charge on any atom is 0.412 e. The molecule has 9 nitrogen and oxygen atoms in total. The van der Waals surface area contributed by atoms with E-state index < -0.39 is 18.4 Å². The molecule has 0 aliphatic heterocycles. The van der Waals surface area contributed by atoms with Gasteiger partial charge in [-0.2, -0.15) is 0 Å². The van der Waals surface area contributed by atoms with Gasteiger partial charge < -0.3 is 33.7 Å². The molecule has 0 aliphatic rings. The molecule has 0 saturated heterocycles. The van der Waals surface area contributed by atoms with Gasteiger partial charge in [-0.3, -0.25) is 0 Å². The minimum atomic E-state index is -0.594. The van der Waals surface area contributed by atoms with Gasteiger partial charge in [0.25, 0.3) is 0 Å². The Kier molecular flexibility index (Phi) is 11.4. The molecule has 38 heavy (non-hydrogen) atoms. The van der Waals surface area contributed by atoms with Crippen LogP contribution in [0.1, 0.15) is 13.8 Å². The van der Waals surface area contributed by atoms with Crippen molar-refractivity contribution >= 4 is 22.8 Å². The molecule has 0 aliphatic carbocycles. The first-order valence-electron chi connectivity index (χ1n) is 12.3. The van der Waals surface area contributed by atoms with Gasteiger partial charge in [-0.25, -0.2) is 9.59 Å². The summed E-state index contributed by atoms with van der Waals surface area (Å²) in [5, 5.41) is 4.18. The molecule has 0 saturated carbocycles. The third-order valence-corrected chi connectivity index (χ3v) is 5.08. The van der Waals surface area contributed by atoms with Gasteiger partial charge in [0, 0.05) is 29.8 Å². The third kappa shape index (κ3) is 9.42. The summed E-state index contributed by atoms with van der Waals surface area (Å²) in [5.74, 6) is 1.28. The number of amides is 1. The molecule has 0 aromatic heterocycles. The van der Waals surface area contributed by atoms with E-state index in [4.69, 9.17) is 28.4 Å². The summed E-state index contributed by atoms with van der Waals surface area (Å²) in [4.78, 5) is 23.6. The van der Waals surface area contributed by atoms with Crippen molar-refractivity contribution in [3.05, 3.63) is 78.9 Å². The van der Waals surface area contributed by atoms with Crippen molar-refractivity contribution in [1.82, 2.24) is 5.32 Å². The molecule has 0 fully saturated rings. The molecule has 3 aromatic rings. The molecule has 3 aromatic carbocycles. The minimum Gasteiger partial charge on any atom is -0.460 e. The predicted octanol–water partition coefficient (Wildman–Crippen LogP) is 4.88. The Morgan fingerprint density at radius 2 is 1.42 bits per heavy atom. The molecule has 9 heteroatoms. The van der Waals surface area contributed by atoms with Crippen molar-refractivity contribution < 1.29 is 38.0 Å². The number of carbonyl (C=O) groups excluding carboxylic acids is 2. The summed E-state index contributed by atoms with van der Waals surface area (Å²) in [6.45, 7) is 8.55. The average Bonchev–Trinajstić information content (AvgIpc) is 2.90. The highest BCUT2D eigenvalue weighted by Crippen LogP contribution is 2.33. The Bertz CT molecular complexity index is 1200. The lowest BCUT2D eigenvalue weighted by atomic mass is 10.1. The van der Waals surface area contributed by atoms with Crippen molar-refractivity contribution in [2.24, 2.45) is 0 Å². The predicted molar refractivity (Wildman–Crippen MR) is 143 cm³/mol. The number of carbonyl (C=O) groups is 2. The topological polar surface area (TPSA) is 102 Å². The summed E-state index contributed by atoms with van der Waals surface area (Å²) in [6.07, 6.45) is -1.12. The Morgan fingerprint density at radius 1 is 0.789 bits per heavy atom. The number of hydrogen-bond donors (Lipinski definition) is 1. The van der Waals surface area contributed by atoms with Crippen molar-refractivity contribution in [3.63, 3.8) is 0 Å². The number of benzene rings is 3. The van der Waals surface area contributed by atoms with Crippen LogP contribution in [0.2, 0.25) is 0 Å². The van der Waals surface area contributed by atoms with Crippen molar-refractivity contribution in [2.75, 3.05) is 39.6 Å². The highest BCUT2D eigenvalue weighted by molar-refractivity contribution is 5.94. The second-order valence-electron chi connectivity index (χ2n) is 8.18. The fourth-order valence-electron chi connectivity index (χ4n) is 3.34. The summed E-state index contributed by atoms with van der Waals surface area (Å²) in [5.41, 5.74) is 0.345.